The Morgan fingerprint density at radius 1 is 1.00 bits per heavy atom. The van der Waals surface area contributed by atoms with Crippen LogP contribution >= 0.6 is 11.8 Å². The quantitative estimate of drug-likeness (QED) is 0.274. The molecule has 13 heteroatoms. The second kappa shape index (κ2) is 9.38. The number of nitro benzene ring substituents is 3. The Balaban J connectivity index is 2.23. The first kappa shape index (κ1) is 20.7. The maximum absolute atomic E-state index is 11.2. The molecule has 12 nitrogen and oxygen atoms in total. The molecule has 0 aliphatic heterocycles. The number of nitrogens with one attached hydrogen (secondary N) is 1. The summed E-state index contributed by atoms with van der Waals surface area (Å²) in [5.74, 6) is 0.305. The molecule has 0 bridgehead atoms. The highest BCUT2D eigenvalue weighted by Gasteiger charge is 2.19. The van der Waals surface area contributed by atoms with E-state index < -0.39 is 26.1 Å². The molecule has 2 N–H and O–H groups in total. The van der Waals surface area contributed by atoms with Crippen molar-refractivity contribution in [1.82, 2.24) is 0 Å². The van der Waals surface area contributed by atoms with Crippen LogP contribution in [-0.2, 0) is 0 Å². The van der Waals surface area contributed by atoms with Crippen molar-refractivity contribution >= 4 is 40.7 Å². The van der Waals surface area contributed by atoms with Crippen molar-refractivity contribution in [3.8, 4) is 0 Å². The fourth-order valence-corrected chi connectivity index (χ4v) is 2.85. The number of hydrazone groups is 1. The van der Waals surface area contributed by atoms with E-state index in [1.807, 2.05) is 0 Å². The number of aliphatic hydroxyl groups excluding tert-OH is 1. The Bertz CT molecular complexity index is 950. The first-order valence-electron chi connectivity index (χ1n) is 7.57. The van der Waals surface area contributed by atoms with Gasteiger partial charge in [0, 0.05) is 23.4 Å². The molecule has 0 aliphatic carbocycles. The fourth-order valence-electron chi connectivity index (χ4n) is 2.09. The Kier molecular flexibility index (Phi) is 6.95. The molecule has 0 unspecified atom stereocenters. The molecule has 0 saturated carbocycles. The van der Waals surface area contributed by atoms with Gasteiger partial charge in [-0.2, -0.15) is 5.10 Å². The van der Waals surface area contributed by atoms with Gasteiger partial charge < -0.3 is 5.11 Å². The van der Waals surface area contributed by atoms with E-state index in [1.165, 1.54) is 18.3 Å². The maximum atomic E-state index is 11.2. The smallest absolute Gasteiger partial charge is 0.301 e. The van der Waals surface area contributed by atoms with Crippen LogP contribution in [-0.4, -0.2) is 38.5 Å². The number of hydrogen-bond acceptors (Lipinski definition) is 10. The second-order valence-corrected chi connectivity index (χ2v) is 6.28. The number of thioether (sulfide) groups is 1. The van der Waals surface area contributed by atoms with Gasteiger partial charge in [0.05, 0.1) is 38.6 Å². The van der Waals surface area contributed by atoms with E-state index in [1.54, 1.807) is 6.07 Å². The summed E-state index contributed by atoms with van der Waals surface area (Å²) in [5.41, 5.74) is 1.55. The monoisotopic (exact) mass is 407 g/mol. The average Bonchev–Trinajstić information content (AvgIpc) is 2.66. The molecule has 0 radical (unpaired) electrons. The van der Waals surface area contributed by atoms with Gasteiger partial charge in [0.2, 0.25) is 0 Å². The SMILES string of the molecule is O=[N+]([O-])c1ccc(N/N=C\c2ccc(SCCO)c([N+](=O)[O-])c2)c([N+](=O)[O-])c1. The number of non-ortho nitro benzene ring substituents is 1. The third-order valence-electron chi connectivity index (χ3n) is 3.32. The van der Waals surface area contributed by atoms with Gasteiger partial charge in [-0.3, -0.25) is 35.8 Å². The number of nitrogens with zero attached hydrogens (tertiary/aromatic N) is 4. The van der Waals surface area contributed by atoms with E-state index in [0.29, 0.717) is 16.2 Å². The van der Waals surface area contributed by atoms with E-state index >= 15 is 0 Å². The van der Waals surface area contributed by atoms with Gasteiger partial charge in [0.25, 0.3) is 11.4 Å². The summed E-state index contributed by atoms with van der Waals surface area (Å²) in [6.07, 6.45) is 1.22. The van der Waals surface area contributed by atoms with Crippen LogP contribution in [0.2, 0.25) is 0 Å². The van der Waals surface area contributed by atoms with Gasteiger partial charge in [-0.1, -0.05) is 6.07 Å². The van der Waals surface area contributed by atoms with Crippen molar-refractivity contribution in [2.24, 2.45) is 5.10 Å². The van der Waals surface area contributed by atoms with Crippen LogP contribution < -0.4 is 5.43 Å². The lowest BCUT2D eigenvalue weighted by Crippen LogP contribution is -1.99. The minimum absolute atomic E-state index is 0.0727. The summed E-state index contributed by atoms with van der Waals surface area (Å²) in [6, 6.07) is 7.37. The predicted molar refractivity (Wildman–Crippen MR) is 102 cm³/mol. The molecule has 0 aliphatic rings. The lowest BCUT2D eigenvalue weighted by atomic mass is 10.2. The van der Waals surface area contributed by atoms with Crippen LogP contribution in [0.5, 0.6) is 0 Å². The molecule has 0 spiro atoms. The summed E-state index contributed by atoms with van der Waals surface area (Å²) < 4.78 is 0. The minimum atomic E-state index is -0.789. The molecule has 0 fully saturated rings. The summed E-state index contributed by atoms with van der Waals surface area (Å²) in [4.78, 5) is 31.3. The predicted octanol–water partition coefficient (Wildman–Crippen LogP) is 2.94. The van der Waals surface area contributed by atoms with Crippen molar-refractivity contribution in [2.75, 3.05) is 17.8 Å². The van der Waals surface area contributed by atoms with E-state index in [2.05, 4.69) is 10.5 Å². The number of rotatable bonds is 9. The number of nitro groups is 3. The van der Waals surface area contributed by atoms with Crippen LogP contribution in [0.25, 0.3) is 0 Å². The molecular weight excluding hydrogens is 394 g/mol. The topological polar surface area (TPSA) is 174 Å². The van der Waals surface area contributed by atoms with Crippen molar-refractivity contribution in [3.63, 3.8) is 0 Å². The number of hydrogen-bond donors (Lipinski definition) is 2. The molecule has 0 aromatic heterocycles. The van der Waals surface area contributed by atoms with Crippen LogP contribution in [0.4, 0.5) is 22.7 Å². The molecule has 2 aromatic carbocycles. The number of aliphatic hydroxyl groups is 1. The highest BCUT2D eigenvalue weighted by Crippen LogP contribution is 2.30. The third-order valence-corrected chi connectivity index (χ3v) is 4.36. The van der Waals surface area contributed by atoms with Crippen molar-refractivity contribution in [3.05, 3.63) is 72.3 Å². The minimum Gasteiger partial charge on any atom is -0.396 e. The lowest BCUT2D eigenvalue weighted by molar-refractivity contribution is -0.393. The summed E-state index contributed by atoms with van der Waals surface area (Å²) in [6.45, 7) is -0.122. The Labute approximate surface area is 161 Å². The number of benzene rings is 2. The summed E-state index contributed by atoms with van der Waals surface area (Å²) in [5, 5.41) is 45.6. The van der Waals surface area contributed by atoms with E-state index in [0.717, 1.165) is 30.0 Å². The highest BCUT2D eigenvalue weighted by molar-refractivity contribution is 7.99. The van der Waals surface area contributed by atoms with Crippen molar-refractivity contribution in [2.45, 2.75) is 4.90 Å². The summed E-state index contributed by atoms with van der Waals surface area (Å²) in [7, 11) is 0. The zero-order valence-electron chi connectivity index (χ0n) is 14.0. The lowest BCUT2D eigenvalue weighted by Gasteiger charge is -2.04. The van der Waals surface area contributed by atoms with Crippen LogP contribution in [0.3, 0.4) is 0 Å². The Morgan fingerprint density at radius 2 is 1.71 bits per heavy atom. The van der Waals surface area contributed by atoms with E-state index in [9.17, 15) is 30.3 Å². The Morgan fingerprint density at radius 3 is 2.32 bits per heavy atom. The number of anilines is 1. The van der Waals surface area contributed by atoms with Gasteiger partial charge in [0.15, 0.2) is 0 Å². The molecule has 0 saturated heterocycles. The molecule has 0 atom stereocenters. The zero-order valence-corrected chi connectivity index (χ0v) is 14.9. The highest BCUT2D eigenvalue weighted by atomic mass is 32.2. The zero-order chi connectivity index (χ0) is 20.7. The standard InChI is InChI=1S/C15H13N5O7S/c21-5-6-28-15-4-1-10(7-14(15)20(26)27)9-16-17-12-3-2-11(18(22)23)8-13(12)19(24)25/h1-4,7-9,17,21H,5-6H2/b16-9-. The van der Waals surface area contributed by atoms with Crippen LogP contribution in [0, 0.1) is 30.3 Å². The molecule has 2 rings (SSSR count). The van der Waals surface area contributed by atoms with E-state index in [-0.39, 0.29) is 18.0 Å². The van der Waals surface area contributed by atoms with Gasteiger partial charge in [0.1, 0.15) is 5.69 Å². The largest absolute Gasteiger partial charge is 0.396 e. The van der Waals surface area contributed by atoms with Crippen LogP contribution in [0.15, 0.2) is 46.4 Å². The van der Waals surface area contributed by atoms with Gasteiger partial charge in [-0.05, 0) is 12.1 Å². The average molecular weight is 407 g/mol. The first-order chi connectivity index (χ1) is 13.3. The van der Waals surface area contributed by atoms with Crippen LogP contribution in [0.1, 0.15) is 5.56 Å². The maximum Gasteiger partial charge on any atom is 0.301 e. The van der Waals surface area contributed by atoms with Gasteiger partial charge >= 0.3 is 5.69 Å². The summed E-state index contributed by atoms with van der Waals surface area (Å²) >= 11 is 1.13. The second-order valence-electron chi connectivity index (χ2n) is 5.14. The fraction of sp³-hybridized carbons (Fsp3) is 0.133. The van der Waals surface area contributed by atoms with Gasteiger partial charge in [-0.15, -0.1) is 11.8 Å². The molecule has 0 heterocycles. The van der Waals surface area contributed by atoms with Gasteiger partial charge in [-0.25, -0.2) is 0 Å². The Hall–Kier alpha value is -3.58. The van der Waals surface area contributed by atoms with Crippen molar-refractivity contribution < 1.29 is 19.9 Å². The molecule has 0 amide bonds. The van der Waals surface area contributed by atoms with E-state index in [4.69, 9.17) is 5.11 Å². The molecule has 28 heavy (non-hydrogen) atoms. The molecule has 2 aromatic rings. The third kappa shape index (κ3) is 5.21. The molecular formula is C15H13N5O7S. The normalized spacial score (nSPS) is 10.8. The van der Waals surface area contributed by atoms with Crippen molar-refractivity contribution in [1.29, 1.82) is 0 Å². The molecule has 146 valence electrons. The first-order valence-corrected chi connectivity index (χ1v) is 8.56.